The summed E-state index contributed by atoms with van der Waals surface area (Å²) in [6.07, 6.45) is 1.90. The summed E-state index contributed by atoms with van der Waals surface area (Å²) in [5.41, 5.74) is 3.29. The topological polar surface area (TPSA) is 84.2 Å². The highest BCUT2D eigenvalue weighted by Crippen LogP contribution is 2.24. The first-order chi connectivity index (χ1) is 15.0. The molecule has 1 aromatic carbocycles. The van der Waals surface area contributed by atoms with Gasteiger partial charge in [0.05, 0.1) is 19.9 Å². The van der Waals surface area contributed by atoms with Gasteiger partial charge in [-0.3, -0.25) is 9.89 Å². The predicted octanol–water partition coefficient (Wildman–Crippen LogP) is 3.30. The molecule has 2 heterocycles. The number of methoxy groups -OCH3 is 2. The number of halogens is 1. The fraction of sp³-hybridized carbons (Fsp3) is 0.565. The molecule has 1 atom stereocenters. The lowest BCUT2D eigenvalue weighted by atomic mass is 10.1. The minimum Gasteiger partial charge on any atom is -0.497 e. The fourth-order valence-electron chi connectivity index (χ4n) is 3.96. The van der Waals surface area contributed by atoms with Crippen LogP contribution in [0.2, 0.25) is 0 Å². The maximum absolute atomic E-state index is 5.40. The summed E-state index contributed by atoms with van der Waals surface area (Å²) in [6, 6.07) is 6.41. The van der Waals surface area contributed by atoms with Crippen molar-refractivity contribution in [2.24, 2.45) is 4.99 Å². The van der Waals surface area contributed by atoms with Crippen LogP contribution in [0, 0.1) is 13.8 Å². The first-order valence-electron chi connectivity index (χ1n) is 10.9. The van der Waals surface area contributed by atoms with E-state index in [0.29, 0.717) is 12.6 Å². The molecule has 0 spiro atoms. The van der Waals surface area contributed by atoms with E-state index in [0.717, 1.165) is 73.5 Å². The number of hydrogen-bond donors (Lipinski definition) is 2. The first-order valence-corrected chi connectivity index (χ1v) is 10.9. The Bertz CT molecular complexity index is 845. The summed E-state index contributed by atoms with van der Waals surface area (Å²) in [6.45, 7) is 10.4. The SMILES string of the molecule is CCNC(=NCCc1c(C)noc1C)NC1CCN(Cc2cc(OC)cc(OC)c2)C1.I. The molecule has 1 aliphatic heterocycles. The molecule has 1 aliphatic rings. The van der Waals surface area contributed by atoms with Crippen LogP contribution in [-0.4, -0.2) is 62.5 Å². The number of aromatic nitrogens is 1. The van der Waals surface area contributed by atoms with Crippen molar-refractivity contribution >= 4 is 29.9 Å². The van der Waals surface area contributed by atoms with Crippen LogP contribution in [0.15, 0.2) is 27.7 Å². The van der Waals surface area contributed by atoms with Crippen molar-refractivity contribution in [3.8, 4) is 11.5 Å². The van der Waals surface area contributed by atoms with E-state index >= 15 is 0 Å². The molecule has 2 N–H and O–H groups in total. The first kappa shape index (κ1) is 26.2. The smallest absolute Gasteiger partial charge is 0.191 e. The Labute approximate surface area is 208 Å². The number of aryl methyl sites for hydroxylation is 2. The monoisotopic (exact) mass is 557 g/mol. The number of guanidine groups is 1. The molecule has 0 saturated carbocycles. The van der Waals surface area contributed by atoms with Gasteiger partial charge in [-0.15, -0.1) is 24.0 Å². The molecule has 8 nitrogen and oxygen atoms in total. The second-order valence-electron chi connectivity index (χ2n) is 7.90. The van der Waals surface area contributed by atoms with Crippen molar-refractivity contribution in [2.45, 2.75) is 46.2 Å². The van der Waals surface area contributed by atoms with E-state index in [2.05, 4.69) is 39.7 Å². The Morgan fingerprint density at radius 3 is 2.53 bits per heavy atom. The van der Waals surface area contributed by atoms with Crippen molar-refractivity contribution in [3.05, 3.63) is 40.8 Å². The molecule has 0 radical (unpaired) electrons. The highest BCUT2D eigenvalue weighted by atomic mass is 127. The van der Waals surface area contributed by atoms with Crippen LogP contribution in [0.4, 0.5) is 0 Å². The standard InChI is InChI=1S/C23H35N5O3.HI/c1-6-24-23(25-9-7-22-16(2)27-31-17(22)3)26-19-8-10-28(15-19)14-18-11-20(29-4)13-21(12-18)30-5;/h11-13,19H,6-10,14-15H2,1-5H3,(H2,24,25,26);1H. The van der Waals surface area contributed by atoms with Gasteiger partial charge in [0, 0.05) is 50.4 Å². The molecule has 1 fully saturated rings. The maximum atomic E-state index is 5.40. The zero-order valence-corrected chi connectivity index (χ0v) is 22.1. The molecule has 178 valence electrons. The van der Waals surface area contributed by atoms with Gasteiger partial charge in [-0.25, -0.2) is 0 Å². The predicted molar refractivity (Wildman–Crippen MR) is 137 cm³/mol. The van der Waals surface area contributed by atoms with E-state index in [4.69, 9.17) is 19.0 Å². The summed E-state index contributed by atoms with van der Waals surface area (Å²) in [4.78, 5) is 7.21. The van der Waals surface area contributed by atoms with E-state index < -0.39 is 0 Å². The second-order valence-corrected chi connectivity index (χ2v) is 7.90. The molecule has 1 unspecified atom stereocenters. The van der Waals surface area contributed by atoms with Gasteiger partial charge in [0.15, 0.2) is 5.96 Å². The van der Waals surface area contributed by atoms with E-state index in [-0.39, 0.29) is 24.0 Å². The molecular formula is C23H36IN5O3. The van der Waals surface area contributed by atoms with Crippen molar-refractivity contribution in [1.82, 2.24) is 20.7 Å². The summed E-state index contributed by atoms with van der Waals surface area (Å²) in [5, 5.41) is 11.0. The molecule has 0 aliphatic carbocycles. The number of nitrogens with zero attached hydrogens (tertiary/aromatic N) is 3. The number of rotatable bonds is 9. The normalized spacial score (nSPS) is 16.5. The summed E-state index contributed by atoms with van der Waals surface area (Å²) in [7, 11) is 3.36. The lowest BCUT2D eigenvalue weighted by Crippen LogP contribution is -2.44. The van der Waals surface area contributed by atoms with Gasteiger partial charge in [0.25, 0.3) is 0 Å². The van der Waals surface area contributed by atoms with Crippen molar-refractivity contribution in [3.63, 3.8) is 0 Å². The molecule has 1 aromatic heterocycles. The van der Waals surface area contributed by atoms with Crippen LogP contribution >= 0.6 is 24.0 Å². The number of nitrogens with one attached hydrogen (secondary N) is 2. The minimum atomic E-state index is 0. The highest BCUT2D eigenvalue weighted by molar-refractivity contribution is 14.0. The molecule has 3 rings (SSSR count). The van der Waals surface area contributed by atoms with Gasteiger partial charge in [-0.1, -0.05) is 5.16 Å². The largest absolute Gasteiger partial charge is 0.497 e. The Morgan fingerprint density at radius 2 is 1.94 bits per heavy atom. The molecule has 2 aromatic rings. The Balaban J connectivity index is 0.00000363. The second kappa shape index (κ2) is 12.9. The lowest BCUT2D eigenvalue weighted by molar-refractivity contribution is 0.321. The van der Waals surface area contributed by atoms with Gasteiger partial charge in [0.1, 0.15) is 17.3 Å². The van der Waals surface area contributed by atoms with Gasteiger partial charge >= 0.3 is 0 Å². The quantitative estimate of drug-likeness (QED) is 0.278. The van der Waals surface area contributed by atoms with Gasteiger partial charge < -0.3 is 24.6 Å². The van der Waals surface area contributed by atoms with Crippen LogP contribution in [0.25, 0.3) is 0 Å². The van der Waals surface area contributed by atoms with Crippen LogP contribution in [0.5, 0.6) is 11.5 Å². The molecule has 0 amide bonds. The van der Waals surface area contributed by atoms with Crippen molar-refractivity contribution < 1.29 is 14.0 Å². The van der Waals surface area contributed by atoms with Crippen molar-refractivity contribution in [1.29, 1.82) is 0 Å². The van der Waals surface area contributed by atoms with Gasteiger partial charge in [-0.2, -0.15) is 0 Å². The van der Waals surface area contributed by atoms with Crippen LogP contribution < -0.4 is 20.1 Å². The summed E-state index contributed by atoms with van der Waals surface area (Å²) >= 11 is 0. The Hall–Kier alpha value is -2.01. The van der Waals surface area contributed by atoms with E-state index in [9.17, 15) is 0 Å². The number of hydrogen-bond acceptors (Lipinski definition) is 6. The zero-order chi connectivity index (χ0) is 22.2. The number of benzene rings is 1. The summed E-state index contributed by atoms with van der Waals surface area (Å²) in [5.74, 6) is 3.39. The highest BCUT2D eigenvalue weighted by Gasteiger charge is 2.23. The molecule has 9 heteroatoms. The minimum absolute atomic E-state index is 0. The Morgan fingerprint density at radius 1 is 1.22 bits per heavy atom. The number of likely N-dealkylation sites (tertiary alicyclic amines) is 1. The van der Waals surface area contributed by atoms with E-state index in [1.54, 1.807) is 14.2 Å². The third kappa shape index (κ3) is 7.26. The lowest BCUT2D eigenvalue weighted by Gasteiger charge is -2.19. The Kier molecular flexibility index (Phi) is 10.6. The average Bonchev–Trinajstić information content (AvgIpc) is 3.34. The van der Waals surface area contributed by atoms with Gasteiger partial charge in [0.2, 0.25) is 0 Å². The maximum Gasteiger partial charge on any atom is 0.191 e. The fourth-order valence-corrected chi connectivity index (χ4v) is 3.96. The van der Waals surface area contributed by atoms with Crippen LogP contribution in [0.3, 0.4) is 0 Å². The van der Waals surface area contributed by atoms with Crippen LogP contribution in [-0.2, 0) is 13.0 Å². The van der Waals surface area contributed by atoms with Crippen molar-refractivity contribution in [2.75, 3.05) is 40.4 Å². The van der Waals surface area contributed by atoms with E-state index in [1.807, 2.05) is 19.9 Å². The summed E-state index contributed by atoms with van der Waals surface area (Å²) < 4.78 is 16.0. The molecule has 1 saturated heterocycles. The number of ether oxygens (including phenoxy) is 2. The number of aliphatic imine (C=N–C) groups is 1. The third-order valence-corrected chi connectivity index (χ3v) is 5.59. The zero-order valence-electron chi connectivity index (χ0n) is 19.7. The third-order valence-electron chi connectivity index (χ3n) is 5.59. The average molecular weight is 557 g/mol. The molecular weight excluding hydrogens is 521 g/mol. The molecule has 0 bridgehead atoms. The van der Waals surface area contributed by atoms with E-state index in [1.165, 1.54) is 5.56 Å². The molecule has 32 heavy (non-hydrogen) atoms. The van der Waals surface area contributed by atoms with Crippen LogP contribution in [0.1, 0.15) is 35.9 Å². The van der Waals surface area contributed by atoms with Gasteiger partial charge in [-0.05, 0) is 51.3 Å².